The Balaban J connectivity index is 2.31. The van der Waals surface area contributed by atoms with Crippen LogP contribution in [0.15, 0.2) is 23.7 Å². The van der Waals surface area contributed by atoms with E-state index < -0.39 is 0 Å². The molecule has 1 unspecified atom stereocenters. The molecule has 12 heavy (non-hydrogen) atoms. The first kappa shape index (κ1) is 7.59. The van der Waals surface area contributed by atoms with E-state index in [0.717, 1.165) is 29.9 Å². The van der Waals surface area contributed by atoms with Crippen LogP contribution < -0.4 is 0 Å². The van der Waals surface area contributed by atoms with Gasteiger partial charge in [-0.15, -0.1) is 0 Å². The van der Waals surface area contributed by atoms with Gasteiger partial charge in [0.05, 0.1) is 0 Å². The van der Waals surface area contributed by atoms with Crippen molar-refractivity contribution in [3.8, 4) is 0 Å². The van der Waals surface area contributed by atoms with Crippen molar-refractivity contribution in [1.29, 1.82) is 0 Å². The van der Waals surface area contributed by atoms with E-state index in [1.165, 1.54) is 0 Å². The Morgan fingerprint density at radius 2 is 2.33 bits per heavy atom. The highest BCUT2D eigenvalue weighted by Gasteiger charge is 2.32. The topological polar surface area (TPSA) is 26.3 Å². The van der Waals surface area contributed by atoms with Gasteiger partial charge >= 0.3 is 0 Å². The Hall–Kier alpha value is -1.05. The van der Waals surface area contributed by atoms with Crippen LogP contribution in [0.1, 0.15) is 26.2 Å². The number of hydrogen-bond acceptors (Lipinski definition) is 2. The van der Waals surface area contributed by atoms with Crippen molar-refractivity contribution in [1.82, 2.24) is 0 Å². The zero-order chi connectivity index (χ0) is 8.72. The molecule has 0 N–H and O–H groups in total. The highest BCUT2D eigenvalue weighted by Crippen LogP contribution is 2.37. The lowest BCUT2D eigenvalue weighted by Crippen LogP contribution is -2.18. The van der Waals surface area contributed by atoms with Gasteiger partial charge in [-0.25, -0.2) is 0 Å². The third-order valence-electron chi connectivity index (χ3n) is 2.53. The van der Waals surface area contributed by atoms with Crippen molar-refractivity contribution >= 4 is 5.78 Å². The molecule has 0 aromatic rings. The van der Waals surface area contributed by atoms with Gasteiger partial charge in [-0.2, -0.15) is 0 Å². The molecule has 1 atom stereocenters. The molecule has 0 saturated carbocycles. The van der Waals surface area contributed by atoms with Crippen molar-refractivity contribution in [3.05, 3.63) is 23.7 Å². The van der Waals surface area contributed by atoms with Crippen LogP contribution in [0.25, 0.3) is 0 Å². The first-order valence-electron chi connectivity index (χ1n) is 4.30. The SMILES string of the molecule is C=C1CC2=C(CCC(C)C2=O)O1. The lowest BCUT2D eigenvalue weighted by molar-refractivity contribution is -0.119. The minimum Gasteiger partial charge on any atom is -0.466 e. The molecular formula is C10H12O2. The molecule has 2 nitrogen and oxygen atoms in total. The molecule has 1 heterocycles. The molecular weight excluding hydrogens is 152 g/mol. The normalized spacial score (nSPS) is 28.9. The monoisotopic (exact) mass is 164 g/mol. The molecule has 0 aromatic carbocycles. The summed E-state index contributed by atoms with van der Waals surface area (Å²) in [6, 6.07) is 0. The maximum Gasteiger partial charge on any atom is 0.165 e. The molecule has 2 heteroatoms. The van der Waals surface area contributed by atoms with Crippen molar-refractivity contribution in [2.45, 2.75) is 26.2 Å². The number of ketones is 1. The zero-order valence-corrected chi connectivity index (χ0v) is 7.22. The van der Waals surface area contributed by atoms with E-state index in [-0.39, 0.29) is 11.7 Å². The van der Waals surface area contributed by atoms with Gasteiger partial charge in [-0.3, -0.25) is 4.79 Å². The van der Waals surface area contributed by atoms with Crippen molar-refractivity contribution < 1.29 is 9.53 Å². The number of carbonyl (C=O) groups excluding carboxylic acids is 1. The maximum atomic E-state index is 11.6. The maximum absolute atomic E-state index is 11.6. The summed E-state index contributed by atoms with van der Waals surface area (Å²) < 4.78 is 5.35. The summed E-state index contributed by atoms with van der Waals surface area (Å²) in [5, 5.41) is 0. The molecule has 0 amide bonds. The fourth-order valence-electron chi connectivity index (χ4n) is 1.77. The molecule has 2 aliphatic rings. The molecule has 0 saturated heterocycles. The largest absolute Gasteiger partial charge is 0.466 e. The van der Waals surface area contributed by atoms with E-state index in [1.807, 2.05) is 6.92 Å². The Kier molecular flexibility index (Phi) is 1.56. The van der Waals surface area contributed by atoms with Crippen LogP contribution in [0.4, 0.5) is 0 Å². The molecule has 0 radical (unpaired) electrons. The summed E-state index contributed by atoms with van der Waals surface area (Å²) in [7, 11) is 0. The molecule has 0 fully saturated rings. The van der Waals surface area contributed by atoms with E-state index in [0.29, 0.717) is 6.42 Å². The quantitative estimate of drug-likeness (QED) is 0.548. The van der Waals surface area contributed by atoms with Gasteiger partial charge in [0.2, 0.25) is 0 Å². The number of rotatable bonds is 0. The van der Waals surface area contributed by atoms with E-state index >= 15 is 0 Å². The molecule has 0 bridgehead atoms. The Labute approximate surface area is 71.9 Å². The lowest BCUT2D eigenvalue weighted by Gasteiger charge is -2.16. The van der Waals surface area contributed by atoms with Crippen LogP contribution >= 0.6 is 0 Å². The lowest BCUT2D eigenvalue weighted by atomic mass is 9.87. The summed E-state index contributed by atoms with van der Waals surface area (Å²) in [4.78, 5) is 11.6. The average molecular weight is 164 g/mol. The average Bonchev–Trinajstić information content (AvgIpc) is 2.39. The van der Waals surface area contributed by atoms with Crippen LogP contribution in [-0.2, 0) is 9.53 Å². The Morgan fingerprint density at radius 3 is 3.08 bits per heavy atom. The van der Waals surface area contributed by atoms with Gasteiger partial charge in [0, 0.05) is 24.3 Å². The standard InChI is InChI=1S/C10H12O2/c1-6-3-4-9-8(10(6)11)5-7(2)12-9/h6H,2-5H2,1H3. The summed E-state index contributed by atoms with van der Waals surface area (Å²) in [6.45, 7) is 5.70. The molecule has 0 aromatic heterocycles. The van der Waals surface area contributed by atoms with Crippen molar-refractivity contribution in [3.63, 3.8) is 0 Å². The highest BCUT2D eigenvalue weighted by molar-refractivity contribution is 5.99. The van der Waals surface area contributed by atoms with Gasteiger partial charge < -0.3 is 4.74 Å². The van der Waals surface area contributed by atoms with E-state index in [2.05, 4.69) is 6.58 Å². The molecule has 0 spiro atoms. The summed E-state index contributed by atoms with van der Waals surface area (Å²) in [5.74, 6) is 2.04. The third-order valence-corrected chi connectivity index (χ3v) is 2.53. The third kappa shape index (κ3) is 0.986. The van der Waals surface area contributed by atoms with E-state index in [1.54, 1.807) is 0 Å². The summed E-state index contributed by atoms with van der Waals surface area (Å²) in [6.07, 6.45) is 2.46. The van der Waals surface area contributed by atoms with E-state index in [4.69, 9.17) is 4.74 Å². The minimum absolute atomic E-state index is 0.179. The van der Waals surface area contributed by atoms with Gasteiger partial charge in [-0.1, -0.05) is 13.5 Å². The minimum atomic E-state index is 0.179. The molecule has 64 valence electrons. The fourth-order valence-corrected chi connectivity index (χ4v) is 1.77. The van der Waals surface area contributed by atoms with Crippen LogP contribution in [0.2, 0.25) is 0 Å². The Morgan fingerprint density at radius 1 is 1.58 bits per heavy atom. The highest BCUT2D eigenvalue weighted by atomic mass is 16.5. The van der Waals surface area contributed by atoms with Gasteiger partial charge in [-0.05, 0) is 6.42 Å². The number of carbonyl (C=O) groups is 1. The van der Waals surface area contributed by atoms with Gasteiger partial charge in [0.15, 0.2) is 5.78 Å². The van der Waals surface area contributed by atoms with Crippen LogP contribution in [-0.4, -0.2) is 5.78 Å². The van der Waals surface area contributed by atoms with Crippen molar-refractivity contribution in [2.24, 2.45) is 5.92 Å². The van der Waals surface area contributed by atoms with Crippen LogP contribution in [0, 0.1) is 5.92 Å². The molecule has 1 aliphatic carbocycles. The van der Waals surface area contributed by atoms with E-state index in [9.17, 15) is 4.79 Å². The first-order valence-corrected chi connectivity index (χ1v) is 4.30. The van der Waals surface area contributed by atoms with Crippen molar-refractivity contribution in [2.75, 3.05) is 0 Å². The summed E-state index contributed by atoms with van der Waals surface area (Å²) >= 11 is 0. The molecule has 1 aliphatic heterocycles. The Bertz CT molecular complexity index is 286. The molecule has 2 rings (SSSR count). The second-order valence-electron chi connectivity index (χ2n) is 3.52. The number of allylic oxidation sites excluding steroid dienone is 2. The second kappa shape index (κ2) is 2.47. The number of ether oxygens (including phenoxy) is 1. The van der Waals surface area contributed by atoms with Gasteiger partial charge in [0.1, 0.15) is 11.5 Å². The predicted molar refractivity (Wildman–Crippen MR) is 45.3 cm³/mol. The van der Waals surface area contributed by atoms with Gasteiger partial charge in [0.25, 0.3) is 0 Å². The first-order chi connectivity index (χ1) is 5.68. The van der Waals surface area contributed by atoms with Crippen LogP contribution in [0.3, 0.4) is 0 Å². The zero-order valence-electron chi connectivity index (χ0n) is 7.22. The van der Waals surface area contributed by atoms with Crippen LogP contribution in [0.5, 0.6) is 0 Å². The predicted octanol–water partition coefficient (Wildman–Crippen LogP) is 2.17. The fraction of sp³-hybridized carbons (Fsp3) is 0.500. The number of Topliss-reactive ketones (excluding diaryl/α,β-unsaturated/α-hetero) is 1. The number of hydrogen-bond donors (Lipinski definition) is 0. The second-order valence-corrected chi connectivity index (χ2v) is 3.52. The smallest absolute Gasteiger partial charge is 0.165 e. The summed E-state index contributed by atoms with van der Waals surface area (Å²) in [5.41, 5.74) is 0.874.